The van der Waals surface area contributed by atoms with Crippen LogP contribution >= 0.6 is 0 Å². The molecule has 2 rings (SSSR count). The van der Waals surface area contributed by atoms with E-state index in [1.807, 2.05) is 24.3 Å². The number of fused-ring (bicyclic) bond motifs is 1. The van der Waals surface area contributed by atoms with Crippen molar-refractivity contribution in [1.82, 2.24) is 0 Å². The standard InChI is InChI=1S/C17H24N2O3/c1-11(2)9-10-22-17(21)13(4)19-15-8-6-5-7-14(15)18-12(3)16(19)20/h5-8,11-13,18H,9-10H2,1-4H3. The van der Waals surface area contributed by atoms with E-state index in [0.717, 1.165) is 17.8 Å². The summed E-state index contributed by atoms with van der Waals surface area (Å²) in [4.78, 5) is 26.3. The van der Waals surface area contributed by atoms with Crippen molar-refractivity contribution in [3.63, 3.8) is 0 Å². The molecule has 0 radical (unpaired) electrons. The summed E-state index contributed by atoms with van der Waals surface area (Å²) < 4.78 is 5.31. The number of amides is 1. The number of nitrogens with one attached hydrogen (secondary N) is 1. The predicted octanol–water partition coefficient (Wildman–Crippen LogP) is 2.81. The Kier molecular flexibility index (Phi) is 5.06. The predicted molar refractivity (Wildman–Crippen MR) is 86.9 cm³/mol. The first-order valence-electron chi connectivity index (χ1n) is 7.77. The number of carbonyl (C=O) groups is 2. The highest BCUT2D eigenvalue weighted by Crippen LogP contribution is 2.32. The van der Waals surface area contributed by atoms with Gasteiger partial charge in [0.25, 0.3) is 0 Å². The molecule has 0 aromatic heterocycles. The molecule has 1 aromatic rings. The van der Waals surface area contributed by atoms with Crippen LogP contribution in [0.2, 0.25) is 0 Å². The fraction of sp³-hybridized carbons (Fsp3) is 0.529. The van der Waals surface area contributed by atoms with Crippen molar-refractivity contribution in [3.8, 4) is 0 Å². The minimum atomic E-state index is -0.634. The maximum absolute atomic E-state index is 12.5. The van der Waals surface area contributed by atoms with Crippen LogP contribution in [0.25, 0.3) is 0 Å². The molecule has 1 heterocycles. The molecule has 0 spiro atoms. The molecule has 0 bridgehead atoms. The Morgan fingerprint density at radius 1 is 1.32 bits per heavy atom. The third-order valence-electron chi connectivity index (χ3n) is 3.81. The van der Waals surface area contributed by atoms with Gasteiger partial charge in [-0.25, -0.2) is 4.79 Å². The first-order valence-corrected chi connectivity index (χ1v) is 7.77. The number of anilines is 2. The topological polar surface area (TPSA) is 58.6 Å². The van der Waals surface area contributed by atoms with Gasteiger partial charge in [-0.15, -0.1) is 0 Å². The van der Waals surface area contributed by atoms with Crippen LogP contribution < -0.4 is 10.2 Å². The van der Waals surface area contributed by atoms with E-state index < -0.39 is 6.04 Å². The molecule has 0 saturated heterocycles. The highest BCUT2D eigenvalue weighted by Gasteiger charge is 2.36. The number of para-hydroxylation sites is 2. The summed E-state index contributed by atoms with van der Waals surface area (Å²) in [6, 6.07) is 6.50. The fourth-order valence-electron chi connectivity index (χ4n) is 2.45. The lowest BCUT2D eigenvalue weighted by molar-refractivity contribution is -0.146. The molecule has 5 nitrogen and oxygen atoms in total. The molecular formula is C17H24N2O3. The minimum Gasteiger partial charge on any atom is -0.464 e. The average molecular weight is 304 g/mol. The third-order valence-corrected chi connectivity index (χ3v) is 3.81. The van der Waals surface area contributed by atoms with Gasteiger partial charge in [-0.1, -0.05) is 26.0 Å². The number of rotatable bonds is 5. The fourth-order valence-corrected chi connectivity index (χ4v) is 2.45. The van der Waals surface area contributed by atoms with Crippen molar-refractivity contribution >= 4 is 23.3 Å². The molecule has 1 aliphatic heterocycles. The zero-order chi connectivity index (χ0) is 16.3. The van der Waals surface area contributed by atoms with Gasteiger partial charge < -0.3 is 10.1 Å². The smallest absolute Gasteiger partial charge is 0.328 e. The molecule has 1 N–H and O–H groups in total. The molecule has 2 unspecified atom stereocenters. The quantitative estimate of drug-likeness (QED) is 0.850. The second kappa shape index (κ2) is 6.81. The zero-order valence-corrected chi connectivity index (χ0v) is 13.6. The molecule has 22 heavy (non-hydrogen) atoms. The van der Waals surface area contributed by atoms with Crippen molar-refractivity contribution in [3.05, 3.63) is 24.3 Å². The van der Waals surface area contributed by atoms with Gasteiger partial charge in [0.15, 0.2) is 0 Å². The van der Waals surface area contributed by atoms with Gasteiger partial charge in [0.05, 0.1) is 18.0 Å². The van der Waals surface area contributed by atoms with E-state index in [-0.39, 0.29) is 17.9 Å². The number of benzene rings is 1. The Labute approximate surface area is 131 Å². The normalized spacial score (nSPS) is 18.7. The van der Waals surface area contributed by atoms with Crippen LogP contribution in [0, 0.1) is 5.92 Å². The Balaban J connectivity index is 2.15. The summed E-state index contributed by atoms with van der Waals surface area (Å²) >= 11 is 0. The van der Waals surface area contributed by atoms with Crippen molar-refractivity contribution in [2.75, 3.05) is 16.8 Å². The number of esters is 1. The monoisotopic (exact) mass is 304 g/mol. The van der Waals surface area contributed by atoms with Gasteiger partial charge >= 0.3 is 5.97 Å². The van der Waals surface area contributed by atoms with Crippen LogP contribution in [-0.4, -0.2) is 30.6 Å². The van der Waals surface area contributed by atoms with Gasteiger partial charge in [-0.3, -0.25) is 9.69 Å². The SMILES string of the molecule is CC(C)CCOC(=O)C(C)N1C(=O)C(C)Nc2ccccc21. The molecule has 2 atom stereocenters. The number of nitrogens with zero attached hydrogens (tertiary/aromatic N) is 1. The summed E-state index contributed by atoms with van der Waals surface area (Å²) in [7, 11) is 0. The van der Waals surface area contributed by atoms with E-state index in [0.29, 0.717) is 12.5 Å². The molecule has 0 aliphatic carbocycles. The largest absolute Gasteiger partial charge is 0.464 e. The molecule has 5 heteroatoms. The van der Waals surface area contributed by atoms with Crippen molar-refractivity contribution in [2.45, 2.75) is 46.2 Å². The Morgan fingerprint density at radius 2 is 2.00 bits per heavy atom. The second-order valence-electron chi connectivity index (χ2n) is 6.12. The molecule has 1 amide bonds. The van der Waals surface area contributed by atoms with E-state index in [9.17, 15) is 9.59 Å². The van der Waals surface area contributed by atoms with Gasteiger partial charge in [0.1, 0.15) is 12.1 Å². The number of hydrogen-bond donors (Lipinski definition) is 1. The van der Waals surface area contributed by atoms with E-state index in [4.69, 9.17) is 4.74 Å². The van der Waals surface area contributed by atoms with Crippen LogP contribution in [0.15, 0.2) is 24.3 Å². The molecule has 1 aliphatic rings. The number of carbonyl (C=O) groups excluding carboxylic acids is 2. The van der Waals surface area contributed by atoms with Crippen LogP contribution in [0.1, 0.15) is 34.1 Å². The summed E-state index contributed by atoms with van der Waals surface area (Å²) in [5, 5.41) is 3.15. The van der Waals surface area contributed by atoms with Crippen LogP contribution in [-0.2, 0) is 14.3 Å². The molecule has 0 fully saturated rings. The Bertz CT molecular complexity index is 557. The lowest BCUT2D eigenvalue weighted by Gasteiger charge is -2.36. The molecule has 0 saturated carbocycles. The first kappa shape index (κ1) is 16.3. The molecule has 120 valence electrons. The molecule has 1 aromatic carbocycles. The lowest BCUT2D eigenvalue weighted by atomic mass is 10.1. The lowest BCUT2D eigenvalue weighted by Crippen LogP contribution is -2.52. The van der Waals surface area contributed by atoms with Crippen LogP contribution in [0.3, 0.4) is 0 Å². The zero-order valence-electron chi connectivity index (χ0n) is 13.6. The molecular weight excluding hydrogens is 280 g/mol. The average Bonchev–Trinajstić information content (AvgIpc) is 2.47. The van der Waals surface area contributed by atoms with Crippen LogP contribution in [0.5, 0.6) is 0 Å². The Morgan fingerprint density at radius 3 is 2.68 bits per heavy atom. The summed E-state index contributed by atoms with van der Waals surface area (Å²) in [5.41, 5.74) is 1.58. The number of ether oxygens (including phenoxy) is 1. The number of hydrogen-bond acceptors (Lipinski definition) is 4. The van der Waals surface area contributed by atoms with Gasteiger partial charge in [0.2, 0.25) is 5.91 Å². The summed E-state index contributed by atoms with van der Waals surface area (Å²) in [6.07, 6.45) is 0.820. The van der Waals surface area contributed by atoms with E-state index in [1.165, 1.54) is 4.90 Å². The second-order valence-corrected chi connectivity index (χ2v) is 6.12. The first-order chi connectivity index (χ1) is 10.4. The third kappa shape index (κ3) is 3.40. The van der Waals surface area contributed by atoms with E-state index in [1.54, 1.807) is 13.8 Å². The van der Waals surface area contributed by atoms with Gasteiger partial charge in [-0.05, 0) is 38.3 Å². The van der Waals surface area contributed by atoms with Crippen molar-refractivity contribution in [2.24, 2.45) is 5.92 Å². The summed E-state index contributed by atoms with van der Waals surface area (Å²) in [5.74, 6) is -0.00501. The van der Waals surface area contributed by atoms with Gasteiger partial charge in [-0.2, -0.15) is 0 Å². The highest BCUT2D eigenvalue weighted by molar-refractivity contribution is 6.08. The summed E-state index contributed by atoms with van der Waals surface area (Å²) in [6.45, 7) is 8.05. The van der Waals surface area contributed by atoms with E-state index in [2.05, 4.69) is 19.2 Å². The van der Waals surface area contributed by atoms with Gasteiger partial charge in [0, 0.05) is 0 Å². The maximum atomic E-state index is 12.5. The Hall–Kier alpha value is -2.04. The maximum Gasteiger partial charge on any atom is 0.328 e. The van der Waals surface area contributed by atoms with Crippen LogP contribution in [0.4, 0.5) is 11.4 Å². The van der Waals surface area contributed by atoms with Crippen molar-refractivity contribution < 1.29 is 14.3 Å². The van der Waals surface area contributed by atoms with Crippen molar-refractivity contribution in [1.29, 1.82) is 0 Å². The minimum absolute atomic E-state index is 0.119. The van der Waals surface area contributed by atoms with E-state index >= 15 is 0 Å². The highest BCUT2D eigenvalue weighted by atomic mass is 16.5.